The molecule has 0 spiro atoms. The van der Waals surface area contributed by atoms with Crippen LogP contribution in [0.1, 0.15) is 0 Å². The van der Waals surface area contributed by atoms with Crippen molar-refractivity contribution in [1.82, 2.24) is 0 Å². The Balaban J connectivity index is 1.56. The molecule has 0 aliphatic carbocycles. The average Bonchev–Trinajstić information content (AvgIpc) is 2.87. The zero-order valence-electron chi connectivity index (χ0n) is 17.8. The van der Waals surface area contributed by atoms with Crippen molar-refractivity contribution in [3.8, 4) is 22.3 Å². The zero-order valence-corrected chi connectivity index (χ0v) is 21.0. The van der Waals surface area contributed by atoms with Crippen molar-refractivity contribution in [1.29, 1.82) is 0 Å². The van der Waals surface area contributed by atoms with Crippen molar-refractivity contribution in [3.63, 3.8) is 0 Å². The Bertz CT molecular complexity index is 1300. The van der Waals surface area contributed by atoms with Gasteiger partial charge in [-0.3, -0.25) is 0 Å². The Kier molecular flexibility index (Phi) is 6.43. The maximum absolute atomic E-state index is 3.55. The van der Waals surface area contributed by atoms with E-state index in [0.29, 0.717) is 0 Å². The first-order valence-corrected chi connectivity index (χ1v) is 12.3. The molecule has 0 unspecified atom stereocenters. The maximum atomic E-state index is 3.55. The topological polar surface area (TPSA) is 3.24 Å². The monoisotopic (exact) mass is 553 g/mol. The lowest BCUT2D eigenvalue weighted by molar-refractivity contribution is 1.28. The van der Waals surface area contributed by atoms with Crippen LogP contribution in [0.15, 0.2) is 136 Å². The van der Waals surface area contributed by atoms with Gasteiger partial charge in [0.25, 0.3) is 0 Å². The van der Waals surface area contributed by atoms with E-state index < -0.39 is 0 Å². The van der Waals surface area contributed by atoms with E-state index in [2.05, 4.69) is 164 Å². The Morgan fingerprint density at radius 1 is 0.364 bits per heavy atom. The average molecular weight is 555 g/mol. The highest BCUT2D eigenvalue weighted by atomic mass is 79.9. The van der Waals surface area contributed by atoms with Gasteiger partial charge in [0.1, 0.15) is 0 Å². The lowest BCUT2D eigenvalue weighted by Crippen LogP contribution is -2.09. The molecule has 0 aromatic heterocycles. The van der Waals surface area contributed by atoms with Gasteiger partial charge in [0.05, 0.1) is 0 Å². The molecule has 0 radical (unpaired) electrons. The molecule has 0 bridgehead atoms. The normalized spacial score (nSPS) is 10.7. The molecule has 5 aromatic carbocycles. The first-order valence-electron chi connectivity index (χ1n) is 10.8. The molecule has 0 amide bonds. The third kappa shape index (κ3) is 4.80. The first-order chi connectivity index (χ1) is 16.2. The van der Waals surface area contributed by atoms with Gasteiger partial charge in [-0.05, 0) is 82.9 Å². The molecule has 1 nitrogen and oxygen atoms in total. The lowest BCUT2D eigenvalue weighted by atomic mass is 9.94. The van der Waals surface area contributed by atoms with E-state index in [1.54, 1.807) is 0 Å². The SMILES string of the molecule is Brc1ccc(N(c2ccc(Br)cc2)c2ccc(-c3ccccc3-c3ccccc3)cc2)cc1. The van der Waals surface area contributed by atoms with E-state index in [0.717, 1.165) is 26.0 Å². The van der Waals surface area contributed by atoms with Gasteiger partial charge in [-0.2, -0.15) is 0 Å². The van der Waals surface area contributed by atoms with E-state index in [9.17, 15) is 0 Å². The van der Waals surface area contributed by atoms with Gasteiger partial charge in [0.2, 0.25) is 0 Å². The number of anilines is 3. The molecule has 5 aromatic rings. The van der Waals surface area contributed by atoms with E-state index in [1.165, 1.54) is 22.3 Å². The summed E-state index contributed by atoms with van der Waals surface area (Å²) in [5.41, 5.74) is 8.22. The van der Waals surface area contributed by atoms with Crippen molar-refractivity contribution >= 4 is 48.9 Å². The third-order valence-corrected chi connectivity index (χ3v) is 6.68. The second-order valence-corrected chi connectivity index (χ2v) is 9.58. The molecule has 3 heteroatoms. The molecule has 0 fully saturated rings. The van der Waals surface area contributed by atoms with E-state index in [4.69, 9.17) is 0 Å². The number of rotatable bonds is 5. The fourth-order valence-corrected chi connectivity index (χ4v) is 4.55. The van der Waals surface area contributed by atoms with Gasteiger partial charge < -0.3 is 4.90 Å². The van der Waals surface area contributed by atoms with Gasteiger partial charge in [-0.1, -0.05) is 98.6 Å². The molecule has 5 rings (SSSR count). The third-order valence-electron chi connectivity index (χ3n) is 5.62. The molecule has 0 heterocycles. The summed E-state index contributed by atoms with van der Waals surface area (Å²) in [5.74, 6) is 0. The van der Waals surface area contributed by atoms with Crippen LogP contribution in [0.3, 0.4) is 0 Å². The van der Waals surface area contributed by atoms with Gasteiger partial charge >= 0.3 is 0 Å². The summed E-state index contributed by atoms with van der Waals surface area (Å²) in [7, 11) is 0. The van der Waals surface area contributed by atoms with Crippen LogP contribution in [0, 0.1) is 0 Å². The summed E-state index contributed by atoms with van der Waals surface area (Å²) in [6, 6.07) is 44.8. The van der Waals surface area contributed by atoms with Crippen LogP contribution >= 0.6 is 31.9 Å². The van der Waals surface area contributed by atoms with Crippen LogP contribution < -0.4 is 4.90 Å². The molecule has 0 N–H and O–H groups in total. The number of nitrogens with zero attached hydrogens (tertiary/aromatic N) is 1. The second-order valence-electron chi connectivity index (χ2n) is 7.75. The summed E-state index contributed by atoms with van der Waals surface area (Å²) in [5, 5.41) is 0. The minimum atomic E-state index is 1.06. The summed E-state index contributed by atoms with van der Waals surface area (Å²) in [4.78, 5) is 2.27. The van der Waals surface area contributed by atoms with Crippen LogP contribution in [0.2, 0.25) is 0 Å². The fourth-order valence-electron chi connectivity index (χ4n) is 4.02. The minimum absolute atomic E-state index is 1.06. The Morgan fingerprint density at radius 3 is 1.18 bits per heavy atom. The summed E-state index contributed by atoms with van der Waals surface area (Å²) in [6.07, 6.45) is 0. The van der Waals surface area contributed by atoms with Crippen LogP contribution in [0.4, 0.5) is 17.1 Å². The maximum Gasteiger partial charge on any atom is 0.0462 e. The molecule has 0 saturated carbocycles. The summed E-state index contributed by atoms with van der Waals surface area (Å²) in [6.45, 7) is 0. The number of halogens is 2. The molecule has 0 aliphatic heterocycles. The largest absolute Gasteiger partial charge is 0.311 e. The summed E-state index contributed by atoms with van der Waals surface area (Å²) < 4.78 is 2.13. The Hall–Kier alpha value is -3.14. The molecule has 0 saturated heterocycles. The molecule has 33 heavy (non-hydrogen) atoms. The summed E-state index contributed by atoms with van der Waals surface area (Å²) >= 11 is 7.11. The van der Waals surface area contributed by atoms with Crippen molar-refractivity contribution < 1.29 is 0 Å². The highest BCUT2D eigenvalue weighted by molar-refractivity contribution is 9.10. The second kappa shape index (κ2) is 9.78. The smallest absolute Gasteiger partial charge is 0.0462 e. The van der Waals surface area contributed by atoms with Crippen LogP contribution in [0.25, 0.3) is 22.3 Å². The first kappa shape index (κ1) is 21.7. The van der Waals surface area contributed by atoms with Crippen LogP contribution in [-0.4, -0.2) is 0 Å². The molecule has 0 atom stereocenters. The highest BCUT2D eigenvalue weighted by Crippen LogP contribution is 2.38. The van der Waals surface area contributed by atoms with Gasteiger partial charge in [-0.25, -0.2) is 0 Å². The number of hydrogen-bond acceptors (Lipinski definition) is 1. The fraction of sp³-hybridized carbons (Fsp3) is 0. The minimum Gasteiger partial charge on any atom is -0.311 e. The highest BCUT2D eigenvalue weighted by Gasteiger charge is 2.13. The van der Waals surface area contributed by atoms with Crippen molar-refractivity contribution in [2.24, 2.45) is 0 Å². The predicted molar refractivity (Wildman–Crippen MR) is 147 cm³/mol. The predicted octanol–water partition coefficient (Wildman–Crippen LogP) is 10.0. The quantitative estimate of drug-likeness (QED) is 0.209. The Morgan fingerprint density at radius 2 is 0.727 bits per heavy atom. The molecular weight excluding hydrogens is 534 g/mol. The lowest BCUT2D eigenvalue weighted by Gasteiger charge is -2.26. The van der Waals surface area contributed by atoms with E-state index in [1.807, 2.05) is 0 Å². The van der Waals surface area contributed by atoms with Gasteiger partial charge in [0, 0.05) is 26.0 Å². The zero-order chi connectivity index (χ0) is 22.6. The van der Waals surface area contributed by atoms with Gasteiger partial charge in [-0.15, -0.1) is 0 Å². The van der Waals surface area contributed by atoms with Gasteiger partial charge in [0.15, 0.2) is 0 Å². The number of benzene rings is 5. The molecule has 160 valence electrons. The van der Waals surface area contributed by atoms with E-state index >= 15 is 0 Å². The molecule has 0 aliphatic rings. The van der Waals surface area contributed by atoms with Crippen molar-refractivity contribution in [2.45, 2.75) is 0 Å². The van der Waals surface area contributed by atoms with E-state index in [-0.39, 0.29) is 0 Å². The number of hydrogen-bond donors (Lipinski definition) is 0. The van der Waals surface area contributed by atoms with Crippen LogP contribution in [0.5, 0.6) is 0 Å². The van der Waals surface area contributed by atoms with Crippen molar-refractivity contribution in [3.05, 3.63) is 136 Å². The standard InChI is InChI=1S/C30H21Br2N/c31-24-12-18-27(19-13-24)33(28-20-14-25(32)15-21-28)26-16-10-23(11-17-26)30-9-5-4-8-29(30)22-6-2-1-3-7-22/h1-21H. The van der Waals surface area contributed by atoms with Crippen LogP contribution in [-0.2, 0) is 0 Å². The van der Waals surface area contributed by atoms with Crippen molar-refractivity contribution in [2.75, 3.05) is 4.90 Å². The Labute approximate surface area is 211 Å². The molecular formula is C30H21Br2N.